The maximum absolute atomic E-state index is 11.9. The molecule has 0 radical (unpaired) electrons. The predicted octanol–water partition coefficient (Wildman–Crippen LogP) is 1.59. The highest BCUT2D eigenvalue weighted by Gasteiger charge is 2.27. The van der Waals surface area contributed by atoms with Crippen LogP contribution in [0.5, 0.6) is 0 Å². The summed E-state index contributed by atoms with van der Waals surface area (Å²) in [4.78, 5) is 40.3. The number of hydrogen-bond acceptors (Lipinski definition) is 6. The number of piperazine rings is 1. The lowest BCUT2D eigenvalue weighted by atomic mass is 10.0. The van der Waals surface area contributed by atoms with E-state index in [2.05, 4.69) is 28.6 Å². The molecule has 10 nitrogen and oxygen atoms in total. The number of carbonyl (C=O) groups excluding carboxylic acids is 2. The van der Waals surface area contributed by atoms with Crippen molar-refractivity contribution in [3.05, 3.63) is 46.9 Å². The van der Waals surface area contributed by atoms with Crippen molar-refractivity contribution in [2.24, 2.45) is 7.05 Å². The van der Waals surface area contributed by atoms with Crippen LogP contribution in [0.4, 0.5) is 0 Å². The van der Waals surface area contributed by atoms with Gasteiger partial charge in [0.15, 0.2) is 0 Å². The predicted molar refractivity (Wildman–Crippen MR) is 155 cm³/mol. The Morgan fingerprint density at radius 2 is 1.79 bits per heavy atom. The molecule has 2 fully saturated rings. The fourth-order valence-corrected chi connectivity index (χ4v) is 5.66. The van der Waals surface area contributed by atoms with Gasteiger partial charge >= 0.3 is 5.69 Å². The lowest BCUT2D eigenvalue weighted by Gasteiger charge is -2.36. The number of fused-ring (bicyclic) bond motifs is 1. The molecule has 10 heteroatoms. The Hall–Kier alpha value is -2.95. The van der Waals surface area contributed by atoms with Gasteiger partial charge in [0.05, 0.1) is 17.1 Å². The highest BCUT2D eigenvalue weighted by atomic mass is 16.3. The third kappa shape index (κ3) is 8.03. The minimum atomic E-state index is -0.435. The summed E-state index contributed by atoms with van der Waals surface area (Å²) in [5, 5.41) is 13.4. The highest BCUT2D eigenvalue weighted by Crippen LogP contribution is 2.20. The molecular weight excluding hydrogens is 496 g/mol. The zero-order valence-electron chi connectivity index (χ0n) is 24.2. The number of amides is 2. The number of aliphatic hydroxyl groups is 1. The summed E-state index contributed by atoms with van der Waals surface area (Å²) in [5.74, 6) is 0.121. The number of aryl methyl sites for hydroxylation is 1. The van der Waals surface area contributed by atoms with Gasteiger partial charge in [-0.1, -0.05) is 24.3 Å². The summed E-state index contributed by atoms with van der Waals surface area (Å²) in [7, 11) is 1.81. The van der Waals surface area contributed by atoms with Gasteiger partial charge < -0.3 is 15.3 Å². The van der Waals surface area contributed by atoms with Gasteiger partial charge in [0, 0.05) is 77.9 Å². The molecule has 3 atom stereocenters. The van der Waals surface area contributed by atoms with Crippen LogP contribution in [0, 0.1) is 0 Å². The SMILES string of the molecule is C=C1CC(NC=O)CC(C)N(CC(O)CN2CCN(C(C)=O)CC2)C1.CC(C)n1c(=O)n(C)c2ccccc21. The number of rotatable bonds is 7. The molecule has 2 amide bonds. The van der Waals surface area contributed by atoms with E-state index in [4.69, 9.17) is 0 Å². The maximum atomic E-state index is 11.9. The molecule has 4 rings (SSSR count). The molecule has 216 valence electrons. The Labute approximate surface area is 231 Å². The molecule has 2 aliphatic rings. The number of hydrogen-bond donors (Lipinski definition) is 2. The summed E-state index contributed by atoms with van der Waals surface area (Å²) in [6.45, 7) is 17.0. The van der Waals surface area contributed by atoms with Crippen molar-refractivity contribution in [3.8, 4) is 0 Å². The van der Waals surface area contributed by atoms with Crippen molar-refractivity contribution >= 4 is 23.4 Å². The zero-order chi connectivity index (χ0) is 28.7. The van der Waals surface area contributed by atoms with Crippen LogP contribution in [0.25, 0.3) is 11.0 Å². The molecule has 2 N–H and O–H groups in total. The Kier molecular flexibility index (Phi) is 10.9. The van der Waals surface area contributed by atoms with Crippen LogP contribution in [-0.4, -0.2) is 105 Å². The van der Waals surface area contributed by atoms with Crippen molar-refractivity contribution in [1.82, 2.24) is 29.2 Å². The van der Waals surface area contributed by atoms with Crippen LogP contribution >= 0.6 is 0 Å². The molecule has 0 saturated carbocycles. The second kappa shape index (κ2) is 13.9. The summed E-state index contributed by atoms with van der Waals surface area (Å²) < 4.78 is 3.50. The number of carbonyl (C=O) groups is 2. The molecule has 39 heavy (non-hydrogen) atoms. The van der Waals surface area contributed by atoms with Gasteiger partial charge in [0.25, 0.3) is 0 Å². The van der Waals surface area contributed by atoms with Crippen molar-refractivity contribution in [2.45, 2.75) is 64.8 Å². The molecule has 1 aromatic carbocycles. The van der Waals surface area contributed by atoms with E-state index >= 15 is 0 Å². The fourth-order valence-electron chi connectivity index (χ4n) is 5.66. The van der Waals surface area contributed by atoms with Gasteiger partial charge in [-0.15, -0.1) is 0 Å². The van der Waals surface area contributed by atoms with Crippen LogP contribution < -0.4 is 11.0 Å². The molecule has 2 saturated heterocycles. The van der Waals surface area contributed by atoms with Crippen LogP contribution in [0.2, 0.25) is 0 Å². The van der Waals surface area contributed by atoms with Gasteiger partial charge in [0.1, 0.15) is 0 Å². The number of para-hydroxylation sites is 2. The monoisotopic (exact) mass is 542 g/mol. The summed E-state index contributed by atoms with van der Waals surface area (Å²) >= 11 is 0. The van der Waals surface area contributed by atoms with E-state index in [0.717, 1.165) is 68.6 Å². The Morgan fingerprint density at radius 1 is 1.15 bits per heavy atom. The molecule has 0 bridgehead atoms. The standard InChI is InChI=1S/C18H32N4O3.C11H14N2O/c1-14-8-17(19-13-23)9-15(2)22(10-14)12-18(25)11-20-4-6-21(7-5-20)16(3)24;1-8(2)13-10-7-5-4-6-9(10)12(3)11(13)14/h13,15,17-18,25H,1,4-12H2,2-3H3,(H,19,23);4-8H,1-3H3. The van der Waals surface area contributed by atoms with Crippen molar-refractivity contribution in [3.63, 3.8) is 0 Å². The second-order valence-corrected chi connectivity index (χ2v) is 11.2. The number of aliphatic hydroxyl groups excluding tert-OH is 1. The molecule has 1 aromatic heterocycles. The molecule has 2 aliphatic heterocycles. The van der Waals surface area contributed by atoms with Crippen molar-refractivity contribution in [2.75, 3.05) is 45.8 Å². The molecule has 3 unspecified atom stereocenters. The average Bonchev–Trinajstić information content (AvgIpc) is 3.05. The summed E-state index contributed by atoms with van der Waals surface area (Å²) in [6, 6.07) is 8.47. The smallest absolute Gasteiger partial charge is 0.329 e. The van der Waals surface area contributed by atoms with E-state index in [9.17, 15) is 19.5 Å². The van der Waals surface area contributed by atoms with E-state index in [-0.39, 0.29) is 29.7 Å². The first-order valence-electron chi connectivity index (χ1n) is 13.9. The highest BCUT2D eigenvalue weighted by molar-refractivity contribution is 5.76. The molecule has 0 aliphatic carbocycles. The topological polar surface area (TPSA) is 103 Å². The first kappa shape index (κ1) is 30.6. The number of benzene rings is 1. The van der Waals surface area contributed by atoms with Crippen LogP contribution in [-0.2, 0) is 16.6 Å². The first-order valence-corrected chi connectivity index (χ1v) is 13.9. The third-order valence-electron chi connectivity index (χ3n) is 7.76. The van der Waals surface area contributed by atoms with E-state index in [1.807, 2.05) is 54.6 Å². The lowest BCUT2D eigenvalue weighted by Crippen LogP contribution is -2.51. The maximum Gasteiger partial charge on any atom is 0.329 e. The number of nitrogens with zero attached hydrogens (tertiary/aromatic N) is 5. The zero-order valence-corrected chi connectivity index (χ0v) is 24.2. The Balaban J connectivity index is 0.000000252. The minimum absolute atomic E-state index is 0.0567. The number of aromatic nitrogens is 2. The number of imidazole rings is 1. The quantitative estimate of drug-likeness (QED) is 0.407. The van der Waals surface area contributed by atoms with Gasteiger partial charge in [-0.25, -0.2) is 4.79 Å². The van der Waals surface area contributed by atoms with E-state index in [1.54, 1.807) is 11.5 Å². The van der Waals surface area contributed by atoms with Crippen LogP contribution in [0.3, 0.4) is 0 Å². The first-order chi connectivity index (χ1) is 18.5. The van der Waals surface area contributed by atoms with E-state index in [1.165, 1.54) is 0 Å². The number of likely N-dealkylation sites (tertiary alicyclic amines) is 1. The summed E-state index contributed by atoms with van der Waals surface area (Å²) in [6.07, 6.45) is 1.98. The Bertz CT molecular complexity index is 1180. The van der Waals surface area contributed by atoms with Gasteiger partial charge in [0.2, 0.25) is 12.3 Å². The number of β-amino-alcohol motifs (C(OH)–C–C–N with tert-alkyl or cyclic N) is 1. The van der Waals surface area contributed by atoms with Gasteiger partial charge in [-0.2, -0.15) is 0 Å². The third-order valence-corrected chi connectivity index (χ3v) is 7.76. The van der Waals surface area contributed by atoms with E-state index in [0.29, 0.717) is 13.1 Å². The second-order valence-electron chi connectivity index (χ2n) is 11.2. The normalized spacial score (nSPS) is 21.8. The largest absolute Gasteiger partial charge is 0.390 e. The molecule has 2 aromatic rings. The van der Waals surface area contributed by atoms with E-state index < -0.39 is 6.10 Å². The summed E-state index contributed by atoms with van der Waals surface area (Å²) in [5.41, 5.74) is 3.15. The van der Waals surface area contributed by atoms with Gasteiger partial charge in [-0.05, 0) is 45.7 Å². The Morgan fingerprint density at radius 3 is 2.38 bits per heavy atom. The van der Waals surface area contributed by atoms with Gasteiger partial charge in [-0.3, -0.25) is 28.5 Å². The van der Waals surface area contributed by atoms with Crippen molar-refractivity contribution < 1.29 is 14.7 Å². The van der Waals surface area contributed by atoms with Crippen LogP contribution in [0.15, 0.2) is 41.2 Å². The van der Waals surface area contributed by atoms with Crippen LogP contribution in [0.1, 0.15) is 46.6 Å². The minimum Gasteiger partial charge on any atom is -0.390 e. The number of nitrogens with one attached hydrogen (secondary N) is 1. The molecular formula is C29H46N6O4. The van der Waals surface area contributed by atoms with Crippen molar-refractivity contribution in [1.29, 1.82) is 0 Å². The fraction of sp³-hybridized carbons (Fsp3) is 0.621. The molecule has 0 spiro atoms. The molecule has 3 heterocycles. The average molecular weight is 543 g/mol. The lowest BCUT2D eigenvalue weighted by molar-refractivity contribution is -0.130.